The molecule has 0 aliphatic rings. The standard InChI is InChI=1S/C18H10Cl3N3O4/c19-10-1-4-15-12(5-10)16(25)9(8-28-15)7-22-24-18(27)17(26)23-11-2-3-13(20)14(21)6-11/h1-8H,(H,23,26)(H,24,27)/b22-7-. The number of hydrogen-bond donors (Lipinski definition) is 2. The Bertz CT molecular complexity index is 1170. The Kier molecular flexibility index (Phi) is 5.99. The van der Waals surface area contributed by atoms with Gasteiger partial charge in [-0.2, -0.15) is 5.10 Å². The molecule has 0 spiro atoms. The Morgan fingerprint density at radius 1 is 1.00 bits per heavy atom. The molecule has 0 atom stereocenters. The minimum absolute atomic E-state index is 0.0694. The van der Waals surface area contributed by atoms with Gasteiger partial charge in [0.25, 0.3) is 0 Å². The molecule has 3 aromatic rings. The first-order chi connectivity index (χ1) is 13.3. The predicted octanol–water partition coefficient (Wildman–Crippen LogP) is 3.84. The molecule has 1 heterocycles. The third-order valence-electron chi connectivity index (χ3n) is 3.51. The number of nitrogens with zero attached hydrogens (tertiary/aromatic N) is 1. The zero-order valence-corrected chi connectivity index (χ0v) is 16.1. The summed E-state index contributed by atoms with van der Waals surface area (Å²) in [6.45, 7) is 0. The first-order valence-corrected chi connectivity index (χ1v) is 8.79. The van der Waals surface area contributed by atoms with Crippen LogP contribution in [0, 0.1) is 0 Å². The van der Waals surface area contributed by atoms with E-state index in [9.17, 15) is 14.4 Å². The van der Waals surface area contributed by atoms with Gasteiger partial charge in [-0.15, -0.1) is 0 Å². The maximum Gasteiger partial charge on any atom is 0.329 e. The number of nitrogens with one attached hydrogen (secondary N) is 2. The fourth-order valence-corrected chi connectivity index (χ4v) is 2.65. The lowest BCUT2D eigenvalue weighted by Crippen LogP contribution is -2.32. The lowest BCUT2D eigenvalue weighted by atomic mass is 10.2. The molecule has 0 aliphatic heterocycles. The summed E-state index contributed by atoms with van der Waals surface area (Å²) in [5, 5.41) is 7.11. The highest BCUT2D eigenvalue weighted by molar-refractivity contribution is 6.43. The van der Waals surface area contributed by atoms with E-state index in [1.807, 2.05) is 5.43 Å². The zero-order valence-electron chi connectivity index (χ0n) is 13.8. The summed E-state index contributed by atoms with van der Waals surface area (Å²) in [5.41, 5.74) is 2.34. The summed E-state index contributed by atoms with van der Waals surface area (Å²) in [4.78, 5) is 36.0. The Balaban J connectivity index is 1.68. The average molecular weight is 439 g/mol. The smallest absolute Gasteiger partial charge is 0.329 e. The molecule has 2 amide bonds. The molecule has 0 bridgehead atoms. The molecule has 28 heavy (non-hydrogen) atoms. The van der Waals surface area contributed by atoms with Gasteiger partial charge in [-0.1, -0.05) is 34.8 Å². The minimum Gasteiger partial charge on any atom is -0.463 e. The van der Waals surface area contributed by atoms with Gasteiger partial charge in [0.1, 0.15) is 11.8 Å². The van der Waals surface area contributed by atoms with Crippen LogP contribution in [0.2, 0.25) is 15.1 Å². The molecule has 0 unspecified atom stereocenters. The number of hydrazone groups is 1. The van der Waals surface area contributed by atoms with E-state index >= 15 is 0 Å². The van der Waals surface area contributed by atoms with Gasteiger partial charge >= 0.3 is 11.8 Å². The summed E-state index contributed by atoms with van der Waals surface area (Å²) in [7, 11) is 0. The van der Waals surface area contributed by atoms with E-state index in [-0.39, 0.29) is 27.1 Å². The molecule has 0 saturated heterocycles. The molecule has 0 fully saturated rings. The van der Waals surface area contributed by atoms with Crippen LogP contribution in [0.4, 0.5) is 5.69 Å². The van der Waals surface area contributed by atoms with E-state index in [0.29, 0.717) is 15.6 Å². The van der Waals surface area contributed by atoms with Gasteiger partial charge in [-0.05, 0) is 36.4 Å². The number of amides is 2. The predicted molar refractivity (Wildman–Crippen MR) is 108 cm³/mol. The lowest BCUT2D eigenvalue weighted by Gasteiger charge is -2.05. The van der Waals surface area contributed by atoms with Crippen molar-refractivity contribution in [2.75, 3.05) is 5.32 Å². The molecule has 0 radical (unpaired) electrons. The van der Waals surface area contributed by atoms with E-state index in [2.05, 4.69) is 10.4 Å². The number of rotatable bonds is 3. The van der Waals surface area contributed by atoms with Crippen molar-refractivity contribution < 1.29 is 14.0 Å². The second-order valence-corrected chi connectivity index (χ2v) is 6.69. The van der Waals surface area contributed by atoms with E-state index in [0.717, 1.165) is 6.21 Å². The zero-order chi connectivity index (χ0) is 20.3. The highest BCUT2D eigenvalue weighted by Crippen LogP contribution is 2.24. The highest BCUT2D eigenvalue weighted by Gasteiger charge is 2.14. The van der Waals surface area contributed by atoms with E-state index in [4.69, 9.17) is 39.2 Å². The second kappa shape index (κ2) is 8.43. The number of carbonyl (C=O) groups excluding carboxylic acids is 2. The van der Waals surface area contributed by atoms with Crippen molar-refractivity contribution in [1.82, 2.24) is 5.43 Å². The second-order valence-electron chi connectivity index (χ2n) is 5.44. The Morgan fingerprint density at radius 2 is 1.79 bits per heavy atom. The van der Waals surface area contributed by atoms with E-state index in [1.165, 1.54) is 30.5 Å². The van der Waals surface area contributed by atoms with Gasteiger partial charge in [0.05, 0.1) is 27.2 Å². The van der Waals surface area contributed by atoms with Crippen molar-refractivity contribution in [3.05, 3.63) is 73.5 Å². The van der Waals surface area contributed by atoms with Crippen molar-refractivity contribution >= 4 is 69.5 Å². The number of anilines is 1. The van der Waals surface area contributed by atoms with Crippen LogP contribution in [0.3, 0.4) is 0 Å². The number of carbonyl (C=O) groups is 2. The molecule has 10 heteroatoms. The van der Waals surface area contributed by atoms with Crippen LogP contribution in [0.5, 0.6) is 0 Å². The van der Waals surface area contributed by atoms with Gasteiger partial charge in [0.15, 0.2) is 0 Å². The van der Waals surface area contributed by atoms with Crippen LogP contribution < -0.4 is 16.2 Å². The molecule has 0 aliphatic carbocycles. The Labute approximate surface area is 172 Å². The largest absolute Gasteiger partial charge is 0.463 e. The van der Waals surface area contributed by atoms with Gasteiger partial charge in [-0.25, -0.2) is 5.43 Å². The van der Waals surface area contributed by atoms with Crippen LogP contribution in [0.1, 0.15) is 5.56 Å². The van der Waals surface area contributed by atoms with Crippen molar-refractivity contribution in [1.29, 1.82) is 0 Å². The summed E-state index contributed by atoms with van der Waals surface area (Å²) in [6, 6.07) is 8.96. The van der Waals surface area contributed by atoms with Crippen molar-refractivity contribution in [2.45, 2.75) is 0 Å². The SMILES string of the molecule is O=C(N/N=C\c1coc2ccc(Cl)cc2c1=O)C(=O)Nc1ccc(Cl)c(Cl)c1. The number of fused-ring (bicyclic) bond motifs is 1. The topological polar surface area (TPSA) is 101 Å². The fourth-order valence-electron chi connectivity index (χ4n) is 2.18. The Morgan fingerprint density at radius 3 is 2.54 bits per heavy atom. The van der Waals surface area contributed by atoms with Crippen molar-refractivity contribution in [3.8, 4) is 0 Å². The monoisotopic (exact) mass is 437 g/mol. The molecule has 2 N–H and O–H groups in total. The molecule has 7 nitrogen and oxygen atoms in total. The maximum absolute atomic E-state index is 12.4. The molecule has 142 valence electrons. The van der Waals surface area contributed by atoms with Gasteiger partial charge in [-0.3, -0.25) is 14.4 Å². The maximum atomic E-state index is 12.4. The third-order valence-corrected chi connectivity index (χ3v) is 4.49. The van der Waals surface area contributed by atoms with Crippen LogP contribution in [-0.2, 0) is 9.59 Å². The quantitative estimate of drug-likeness (QED) is 0.368. The lowest BCUT2D eigenvalue weighted by molar-refractivity contribution is -0.136. The van der Waals surface area contributed by atoms with Crippen molar-refractivity contribution in [3.63, 3.8) is 0 Å². The highest BCUT2D eigenvalue weighted by atomic mass is 35.5. The molecule has 0 saturated carbocycles. The molecule has 3 rings (SSSR count). The van der Waals surface area contributed by atoms with E-state index < -0.39 is 11.8 Å². The van der Waals surface area contributed by atoms with Crippen LogP contribution in [-0.4, -0.2) is 18.0 Å². The third kappa shape index (κ3) is 4.51. The summed E-state index contributed by atoms with van der Waals surface area (Å²) >= 11 is 17.5. The number of benzene rings is 2. The fraction of sp³-hybridized carbons (Fsp3) is 0. The van der Waals surface area contributed by atoms with Crippen LogP contribution >= 0.6 is 34.8 Å². The first-order valence-electron chi connectivity index (χ1n) is 7.65. The number of halogens is 3. The first kappa shape index (κ1) is 19.9. The summed E-state index contributed by atoms with van der Waals surface area (Å²) in [6.07, 6.45) is 2.25. The van der Waals surface area contributed by atoms with Crippen molar-refractivity contribution in [2.24, 2.45) is 5.10 Å². The Hall–Kier alpha value is -2.87. The molecule has 2 aromatic carbocycles. The molecular formula is C18H10Cl3N3O4. The summed E-state index contributed by atoms with van der Waals surface area (Å²) in [5.74, 6) is -2.02. The summed E-state index contributed by atoms with van der Waals surface area (Å²) < 4.78 is 5.32. The van der Waals surface area contributed by atoms with Gasteiger partial charge in [0, 0.05) is 10.7 Å². The van der Waals surface area contributed by atoms with Gasteiger partial charge < -0.3 is 9.73 Å². The normalized spacial score (nSPS) is 11.0. The minimum atomic E-state index is -1.05. The molecule has 1 aromatic heterocycles. The average Bonchev–Trinajstić information content (AvgIpc) is 2.66. The van der Waals surface area contributed by atoms with Crippen LogP contribution in [0.15, 0.2) is 57.0 Å². The van der Waals surface area contributed by atoms with Gasteiger partial charge in [0.2, 0.25) is 5.43 Å². The molecular weight excluding hydrogens is 429 g/mol. The van der Waals surface area contributed by atoms with E-state index in [1.54, 1.807) is 12.1 Å². The number of hydrogen-bond acceptors (Lipinski definition) is 5. The van der Waals surface area contributed by atoms with Crippen LogP contribution in [0.25, 0.3) is 11.0 Å².